The topological polar surface area (TPSA) is 42.0 Å². The van der Waals surface area contributed by atoms with Crippen LogP contribution in [0.25, 0.3) is 22.2 Å². The maximum absolute atomic E-state index is 12.9. The molecule has 0 saturated carbocycles. The number of nitrogens with one attached hydrogen (secondary N) is 1. The number of hydrogen-bond acceptors (Lipinski definition) is 3. The molecule has 1 atom stereocenters. The van der Waals surface area contributed by atoms with Crippen molar-refractivity contribution in [1.82, 2.24) is 10.3 Å². The molecule has 0 bridgehead atoms. The van der Waals surface area contributed by atoms with Gasteiger partial charge < -0.3 is 5.32 Å². The second kappa shape index (κ2) is 9.13. The lowest BCUT2D eigenvalue weighted by Crippen LogP contribution is -2.13. The van der Waals surface area contributed by atoms with Gasteiger partial charge in [-0.05, 0) is 37.6 Å². The molecule has 1 fully saturated rings. The number of fused-ring (bicyclic) bond motifs is 1. The largest absolute Gasteiger partial charge is 0.316 e. The normalized spacial score (nSPS) is 15.9. The van der Waals surface area contributed by atoms with E-state index in [2.05, 4.69) is 5.32 Å². The first-order chi connectivity index (χ1) is 11.8. The summed E-state index contributed by atoms with van der Waals surface area (Å²) in [7, 11) is 0. The molecule has 0 spiro atoms. The molecule has 0 radical (unpaired) electrons. The number of ketones is 1. The Morgan fingerprint density at radius 3 is 2.50 bits per heavy atom. The molecule has 136 valence electrons. The van der Waals surface area contributed by atoms with Gasteiger partial charge in [0.15, 0.2) is 5.78 Å². The number of hydrogen-bond donors (Lipinski definition) is 1. The Morgan fingerprint density at radius 2 is 1.77 bits per heavy atom. The molecule has 0 amide bonds. The van der Waals surface area contributed by atoms with Crippen molar-refractivity contribution in [2.75, 3.05) is 13.1 Å². The van der Waals surface area contributed by atoms with Gasteiger partial charge in [-0.3, -0.25) is 4.79 Å². The smallest absolute Gasteiger partial charge is 0.163 e. The summed E-state index contributed by atoms with van der Waals surface area (Å²) in [5.41, 5.74) is 3.58. The van der Waals surface area contributed by atoms with Crippen LogP contribution in [-0.4, -0.2) is 23.9 Å². The molecular formula is C21H22Cl2N2O. The van der Waals surface area contributed by atoms with Crippen LogP contribution in [0.15, 0.2) is 60.7 Å². The van der Waals surface area contributed by atoms with Gasteiger partial charge in [-0.25, -0.2) is 4.98 Å². The Balaban J connectivity index is 0.00000121. The van der Waals surface area contributed by atoms with Gasteiger partial charge in [-0.15, -0.1) is 24.8 Å². The van der Waals surface area contributed by atoms with E-state index in [9.17, 15) is 4.79 Å². The van der Waals surface area contributed by atoms with Gasteiger partial charge in [0.25, 0.3) is 0 Å². The van der Waals surface area contributed by atoms with Crippen molar-refractivity contribution in [3.05, 3.63) is 66.2 Å². The number of nitrogens with zero attached hydrogens (tertiary/aromatic N) is 1. The van der Waals surface area contributed by atoms with Crippen molar-refractivity contribution >= 4 is 41.5 Å². The van der Waals surface area contributed by atoms with Gasteiger partial charge >= 0.3 is 0 Å². The predicted octanol–water partition coefficient (Wildman–Crippen LogP) is 4.93. The molecule has 1 aliphatic heterocycles. The second-order valence-electron chi connectivity index (χ2n) is 6.42. The summed E-state index contributed by atoms with van der Waals surface area (Å²) in [6.07, 6.45) is 1.69. The minimum Gasteiger partial charge on any atom is -0.316 e. The second-order valence-corrected chi connectivity index (χ2v) is 6.42. The van der Waals surface area contributed by atoms with Crippen LogP contribution in [0.3, 0.4) is 0 Å². The highest BCUT2D eigenvalue weighted by Crippen LogP contribution is 2.27. The number of carbonyl (C=O) groups excluding carboxylic acids is 1. The molecule has 3 nitrogen and oxygen atoms in total. The molecule has 4 rings (SSSR count). The highest BCUT2D eigenvalue weighted by Gasteiger charge is 2.21. The highest BCUT2D eigenvalue weighted by atomic mass is 35.5. The first kappa shape index (κ1) is 20.4. The zero-order valence-electron chi connectivity index (χ0n) is 14.4. The van der Waals surface area contributed by atoms with E-state index in [1.54, 1.807) is 0 Å². The van der Waals surface area contributed by atoms with E-state index in [0.717, 1.165) is 47.2 Å². The number of rotatable bonds is 4. The van der Waals surface area contributed by atoms with Crippen molar-refractivity contribution < 1.29 is 4.79 Å². The molecule has 26 heavy (non-hydrogen) atoms. The molecule has 1 aliphatic rings. The summed E-state index contributed by atoms with van der Waals surface area (Å²) in [5.74, 6) is 0.670. The van der Waals surface area contributed by atoms with Crippen molar-refractivity contribution in [2.45, 2.75) is 12.8 Å². The summed E-state index contributed by atoms with van der Waals surface area (Å²) < 4.78 is 0. The van der Waals surface area contributed by atoms with Crippen LogP contribution in [0.2, 0.25) is 0 Å². The Morgan fingerprint density at radius 1 is 1.04 bits per heavy atom. The minimum absolute atomic E-state index is 0. The Hall–Kier alpha value is -1.94. The highest BCUT2D eigenvalue weighted by molar-refractivity contribution is 6.08. The lowest BCUT2D eigenvalue weighted by Gasteiger charge is -2.11. The van der Waals surface area contributed by atoms with Gasteiger partial charge in [0.2, 0.25) is 0 Å². The minimum atomic E-state index is 0. The summed E-state index contributed by atoms with van der Waals surface area (Å²) >= 11 is 0. The Kier molecular flexibility index (Phi) is 7.15. The molecule has 2 heterocycles. The number of aromatic nitrogens is 1. The molecular weight excluding hydrogens is 367 g/mol. The predicted molar refractivity (Wildman–Crippen MR) is 112 cm³/mol. The quantitative estimate of drug-likeness (QED) is 0.644. The lowest BCUT2D eigenvalue weighted by molar-refractivity contribution is 0.0966. The van der Waals surface area contributed by atoms with E-state index in [0.29, 0.717) is 12.3 Å². The molecule has 2 aromatic carbocycles. The van der Waals surface area contributed by atoms with Crippen molar-refractivity contribution in [2.24, 2.45) is 5.92 Å². The molecule has 5 heteroatoms. The number of benzene rings is 2. The van der Waals surface area contributed by atoms with E-state index in [4.69, 9.17) is 4.98 Å². The van der Waals surface area contributed by atoms with Gasteiger partial charge in [-0.2, -0.15) is 0 Å². The first-order valence-corrected chi connectivity index (χ1v) is 8.50. The van der Waals surface area contributed by atoms with E-state index in [-0.39, 0.29) is 30.6 Å². The lowest BCUT2D eigenvalue weighted by atomic mass is 9.94. The maximum atomic E-state index is 12.9. The average molecular weight is 389 g/mol. The molecule has 1 aromatic heterocycles. The average Bonchev–Trinajstić information content (AvgIpc) is 3.14. The van der Waals surface area contributed by atoms with Gasteiger partial charge in [0.05, 0.1) is 11.2 Å². The third-order valence-electron chi connectivity index (χ3n) is 4.72. The summed E-state index contributed by atoms with van der Waals surface area (Å²) in [5, 5.41) is 4.29. The number of halogens is 2. The van der Waals surface area contributed by atoms with Gasteiger partial charge in [0.1, 0.15) is 0 Å². The van der Waals surface area contributed by atoms with Crippen molar-refractivity contribution in [3.63, 3.8) is 0 Å². The molecule has 1 N–H and O–H groups in total. The van der Waals surface area contributed by atoms with Crippen LogP contribution in [0.4, 0.5) is 0 Å². The summed E-state index contributed by atoms with van der Waals surface area (Å²) in [4.78, 5) is 17.7. The number of Topliss-reactive ketones (excluding diaryl/α,β-unsaturated/α-hetero) is 1. The SMILES string of the molecule is Cl.Cl.O=C(CC1CCNC1)c1cc(-c2ccccc2)nc2ccccc12. The van der Waals surface area contributed by atoms with E-state index in [1.807, 2.05) is 60.7 Å². The van der Waals surface area contributed by atoms with Gasteiger partial charge in [0, 0.05) is 22.9 Å². The first-order valence-electron chi connectivity index (χ1n) is 8.50. The molecule has 1 unspecified atom stereocenters. The number of carbonyl (C=O) groups is 1. The Bertz CT molecular complexity index is 878. The summed E-state index contributed by atoms with van der Waals surface area (Å²) in [6.45, 7) is 1.96. The molecule has 1 saturated heterocycles. The molecule has 0 aliphatic carbocycles. The maximum Gasteiger partial charge on any atom is 0.163 e. The van der Waals surface area contributed by atoms with Crippen LogP contribution in [0.5, 0.6) is 0 Å². The molecule has 3 aromatic rings. The van der Waals surface area contributed by atoms with Crippen LogP contribution in [0, 0.1) is 5.92 Å². The van der Waals surface area contributed by atoms with E-state index in [1.165, 1.54) is 0 Å². The summed E-state index contributed by atoms with van der Waals surface area (Å²) in [6, 6.07) is 19.9. The third kappa shape index (κ3) is 4.24. The zero-order valence-corrected chi connectivity index (χ0v) is 16.0. The van der Waals surface area contributed by atoms with Crippen molar-refractivity contribution in [3.8, 4) is 11.3 Å². The van der Waals surface area contributed by atoms with Crippen LogP contribution in [0.1, 0.15) is 23.2 Å². The number of para-hydroxylation sites is 1. The van der Waals surface area contributed by atoms with Crippen LogP contribution < -0.4 is 5.32 Å². The fraction of sp³-hybridized carbons (Fsp3) is 0.238. The standard InChI is InChI=1S/C21H20N2O.2ClH/c24-21(12-15-10-11-22-14-15)18-13-20(16-6-2-1-3-7-16)23-19-9-5-4-8-17(18)19;;/h1-9,13,15,22H,10-12,14H2;2*1H. The monoisotopic (exact) mass is 388 g/mol. The van der Waals surface area contributed by atoms with E-state index < -0.39 is 0 Å². The number of pyridine rings is 1. The van der Waals surface area contributed by atoms with E-state index >= 15 is 0 Å². The zero-order chi connectivity index (χ0) is 16.4. The van der Waals surface area contributed by atoms with Crippen LogP contribution >= 0.6 is 24.8 Å². The Labute approximate surface area is 166 Å². The van der Waals surface area contributed by atoms with Crippen LogP contribution in [-0.2, 0) is 0 Å². The fourth-order valence-electron chi connectivity index (χ4n) is 3.42. The fourth-order valence-corrected chi connectivity index (χ4v) is 3.42. The third-order valence-corrected chi connectivity index (χ3v) is 4.72. The van der Waals surface area contributed by atoms with Gasteiger partial charge in [-0.1, -0.05) is 48.5 Å². The van der Waals surface area contributed by atoms with Crippen molar-refractivity contribution in [1.29, 1.82) is 0 Å².